The summed E-state index contributed by atoms with van der Waals surface area (Å²) in [5, 5.41) is 10.5. The van der Waals surface area contributed by atoms with Gasteiger partial charge in [0.05, 0.1) is 19.5 Å². The highest BCUT2D eigenvalue weighted by atomic mass is 31.3. The van der Waals surface area contributed by atoms with Gasteiger partial charge in [-0.15, -0.1) is 0 Å². The van der Waals surface area contributed by atoms with E-state index in [0.29, 0.717) is 0 Å². The van der Waals surface area contributed by atoms with Gasteiger partial charge in [0.25, 0.3) is 5.85 Å². The van der Waals surface area contributed by atoms with Gasteiger partial charge >= 0.3 is 23.5 Å². The van der Waals surface area contributed by atoms with Gasteiger partial charge in [0.15, 0.2) is 23.8 Å². The SMILES string of the molecule is Nc1ncnc2c1ncn2[C@@H]1O[C@@]2(COP(=O)(O)OP(=O)(O)OP(=O)(O)O)CO[C@]1(F)[C@@H]2O. The van der Waals surface area contributed by atoms with Gasteiger partial charge in [0.1, 0.15) is 17.4 Å². The van der Waals surface area contributed by atoms with Crippen molar-refractivity contribution in [2.45, 2.75) is 23.8 Å². The normalized spacial score (nSPS) is 33.3. The van der Waals surface area contributed by atoms with Crippen molar-refractivity contribution in [3.63, 3.8) is 0 Å². The van der Waals surface area contributed by atoms with Crippen LogP contribution in [0.1, 0.15) is 6.23 Å². The number of nitrogen functional groups attached to an aromatic ring is 1. The average molecular weight is 537 g/mol. The molecule has 18 nitrogen and oxygen atoms in total. The fraction of sp³-hybridized carbons (Fsp3) is 0.545. The fourth-order valence-electron chi connectivity index (χ4n) is 3.29. The molecule has 33 heavy (non-hydrogen) atoms. The predicted molar refractivity (Wildman–Crippen MR) is 98.2 cm³/mol. The molecule has 22 heteroatoms. The summed E-state index contributed by atoms with van der Waals surface area (Å²) < 4.78 is 72.9. The first kappa shape index (κ1) is 24.7. The van der Waals surface area contributed by atoms with Crippen molar-refractivity contribution in [3.05, 3.63) is 12.7 Å². The minimum atomic E-state index is -5.78. The zero-order chi connectivity index (χ0) is 24.4. The molecular weight excluding hydrogens is 522 g/mol. The lowest BCUT2D eigenvalue weighted by Gasteiger charge is -2.32. The third-order valence-corrected chi connectivity index (χ3v) is 8.40. The number of aliphatic hydroxyl groups excluding tert-OH is 1. The van der Waals surface area contributed by atoms with E-state index in [1.54, 1.807) is 0 Å². The number of phosphoric acid groups is 3. The van der Waals surface area contributed by atoms with Crippen LogP contribution in [0.25, 0.3) is 11.2 Å². The van der Waals surface area contributed by atoms with Gasteiger partial charge in [0, 0.05) is 0 Å². The summed E-state index contributed by atoms with van der Waals surface area (Å²) in [5.41, 5.74) is 3.65. The molecule has 2 bridgehead atoms. The summed E-state index contributed by atoms with van der Waals surface area (Å²) in [6.07, 6.45) is -1.70. The molecule has 2 aliphatic rings. The molecule has 2 aromatic heterocycles. The molecule has 4 rings (SSSR count). The number of hydrogen-bond donors (Lipinski definition) is 6. The van der Waals surface area contributed by atoms with E-state index < -0.39 is 60.5 Å². The Morgan fingerprint density at radius 1 is 1.18 bits per heavy atom. The van der Waals surface area contributed by atoms with Gasteiger partial charge in [-0.1, -0.05) is 0 Å². The van der Waals surface area contributed by atoms with E-state index >= 15 is 4.39 Å². The number of imidazole rings is 1. The summed E-state index contributed by atoms with van der Waals surface area (Å²) in [6.45, 7) is -1.83. The van der Waals surface area contributed by atoms with Gasteiger partial charge in [-0.2, -0.15) is 8.62 Å². The lowest BCUT2D eigenvalue weighted by molar-refractivity contribution is -0.260. The molecule has 184 valence electrons. The number of rotatable bonds is 8. The molecule has 0 aromatic carbocycles. The summed E-state index contributed by atoms with van der Waals surface area (Å²) in [5.74, 6) is -2.94. The van der Waals surface area contributed by atoms with E-state index in [2.05, 4.69) is 28.1 Å². The molecule has 0 amide bonds. The molecule has 0 aliphatic carbocycles. The smallest absolute Gasteiger partial charge is 0.384 e. The Bertz CT molecular complexity index is 1240. The molecule has 7 N–H and O–H groups in total. The molecule has 6 atom stereocenters. The lowest BCUT2D eigenvalue weighted by Crippen LogP contribution is -2.45. The molecular formula is C11H15FN5O13P3. The Hall–Kier alpha value is -1.43. The number of nitrogens with zero attached hydrogens (tertiary/aromatic N) is 4. The highest BCUT2D eigenvalue weighted by Crippen LogP contribution is 2.67. The zero-order valence-electron chi connectivity index (χ0n) is 15.8. The number of anilines is 1. The van der Waals surface area contributed by atoms with Crippen LogP contribution in [-0.4, -0.2) is 75.0 Å². The molecule has 2 aromatic rings. The number of nitrogens with two attached hydrogens (primary N) is 1. The number of ether oxygens (including phenoxy) is 2. The Labute approximate surface area is 181 Å². The number of halogens is 1. The van der Waals surface area contributed by atoms with E-state index in [0.717, 1.165) is 17.2 Å². The fourth-order valence-corrected chi connectivity index (χ4v) is 6.37. The van der Waals surface area contributed by atoms with Gasteiger partial charge in [-0.25, -0.2) is 33.0 Å². The first-order chi connectivity index (χ1) is 15.1. The largest absolute Gasteiger partial charge is 0.490 e. The summed E-state index contributed by atoms with van der Waals surface area (Å²) in [7, 11) is -16.9. The molecule has 2 saturated heterocycles. The Kier molecular flexibility index (Phi) is 5.83. The zero-order valence-corrected chi connectivity index (χ0v) is 18.5. The van der Waals surface area contributed by atoms with Crippen molar-refractivity contribution in [2.24, 2.45) is 0 Å². The number of aromatic nitrogens is 4. The third-order valence-electron chi connectivity index (χ3n) is 4.62. The second-order valence-corrected chi connectivity index (χ2v) is 11.3. The maximum Gasteiger partial charge on any atom is 0.490 e. The van der Waals surface area contributed by atoms with Crippen LogP contribution in [0.3, 0.4) is 0 Å². The van der Waals surface area contributed by atoms with Crippen molar-refractivity contribution in [3.8, 4) is 0 Å². The first-order valence-corrected chi connectivity index (χ1v) is 13.0. The van der Waals surface area contributed by atoms with Gasteiger partial charge in [-0.05, 0) is 0 Å². The van der Waals surface area contributed by atoms with Crippen LogP contribution in [0.2, 0.25) is 0 Å². The van der Waals surface area contributed by atoms with Crippen LogP contribution in [0.5, 0.6) is 0 Å². The Morgan fingerprint density at radius 2 is 1.88 bits per heavy atom. The highest BCUT2D eigenvalue weighted by molar-refractivity contribution is 7.66. The molecule has 0 spiro atoms. The van der Waals surface area contributed by atoms with Crippen LogP contribution in [0.4, 0.5) is 10.2 Å². The van der Waals surface area contributed by atoms with E-state index in [1.807, 2.05) is 0 Å². The summed E-state index contributed by atoms with van der Waals surface area (Å²) in [4.78, 5) is 47.5. The van der Waals surface area contributed by atoms with Crippen molar-refractivity contribution in [1.29, 1.82) is 0 Å². The molecule has 4 heterocycles. The van der Waals surface area contributed by atoms with Crippen LogP contribution < -0.4 is 5.73 Å². The van der Waals surface area contributed by atoms with Crippen molar-refractivity contribution in [2.75, 3.05) is 18.9 Å². The van der Waals surface area contributed by atoms with E-state index in [4.69, 9.17) is 25.0 Å². The topological polar surface area (TPSA) is 268 Å². The number of aliphatic hydroxyl groups is 1. The standard InChI is InChI=1S/C11H15FN5O13P3/c12-11-8(18)10(1-26-11,2-27-32(22,23)30-33(24,25)29-31(19,20)21)28-9(11)17-4-16-5-6(13)14-3-15-7(5)17/h3-4,8-9,18H,1-2H2,(H,22,23)(H,24,25)(H2,13,14,15)(H2,19,20,21)/t8-,9-,10-,11-/m1/s1. The quantitative estimate of drug-likeness (QED) is 0.222. The minimum absolute atomic E-state index is 0.0101. The second kappa shape index (κ2) is 7.79. The van der Waals surface area contributed by atoms with Crippen LogP contribution in [0, 0.1) is 0 Å². The maximum atomic E-state index is 15.5. The maximum absolute atomic E-state index is 15.5. The van der Waals surface area contributed by atoms with Crippen LogP contribution in [-0.2, 0) is 36.3 Å². The number of fused-ring (bicyclic) bond motifs is 3. The molecule has 0 saturated carbocycles. The lowest BCUT2D eigenvalue weighted by atomic mass is 9.99. The average Bonchev–Trinajstić information content (AvgIpc) is 3.25. The second-order valence-electron chi connectivity index (χ2n) is 6.87. The van der Waals surface area contributed by atoms with Gasteiger partial charge in [0.2, 0.25) is 0 Å². The van der Waals surface area contributed by atoms with Gasteiger partial charge < -0.3 is 39.9 Å². The minimum Gasteiger partial charge on any atom is -0.384 e. The van der Waals surface area contributed by atoms with Crippen LogP contribution in [0.15, 0.2) is 12.7 Å². The highest BCUT2D eigenvalue weighted by Gasteiger charge is 2.73. The van der Waals surface area contributed by atoms with Crippen molar-refractivity contribution < 1.29 is 65.4 Å². The third kappa shape index (κ3) is 4.49. The van der Waals surface area contributed by atoms with E-state index in [-0.39, 0.29) is 17.0 Å². The molecule has 2 fully saturated rings. The molecule has 2 unspecified atom stereocenters. The van der Waals surface area contributed by atoms with Crippen LogP contribution >= 0.6 is 23.5 Å². The molecule has 0 radical (unpaired) electrons. The van der Waals surface area contributed by atoms with E-state index in [9.17, 15) is 28.6 Å². The monoisotopic (exact) mass is 537 g/mol. The van der Waals surface area contributed by atoms with Gasteiger partial charge in [-0.3, -0.25) is 9.09 Å². The summed E-state index contributed by atoms with van der Waals surface area (Å²) in [6, 6.07) is 0. The van der Waals surface area contributed by atoms with Crippen molar-refractivity contribution in [1.82, 2.24) is 19.5 Å². The Balaban J connectivity index is 1.54. The number of alkyl halides is 1. The van der Waals surface area contributed by atoms with Crippen molar-refractivity contribution >= 4 is 40.4 Å². The Morgan fingerprint density at radius 3 is 2.55 bits per heavy atom. The first-order valence-electron chi connectivity index (χ1n) is 8.48. The van der Waals surface area contributed by atoms with E-state index in [1.165, 1.54) is 0 Å². The molecule has 2 aliphatic heterocycles. The number of hydrogen-bond acceptors (Lipinski definition) is 13. The number of phosphoric ester groups is 1. The predicted octanol–water partition coefficient (Wildman–Crippen LogP) is -0.924. The summed E-state index contributed by atoms with van der Waals surface area (Å²) >= 11 is 0.